The van der Waals surface area contributed by atoms with Crippen LogP contribution in [0.2, 0.25) is 0 Å². The number of carbonyl (C=O) groups excluding carboxylic acids is 2. The van der Waals surface area contributed by atoms with Gasteiger partial charge >= 0.3 is 0 Å². The van der Waals surface area contributed by atoms with Gasteiger partial charge in [0.1, 0.15) is 11.6 Å². The Balaban J connectivity index is 1.48. The molecule has 1 saturated heterocycles. The van der Waals surface area contributed by atoms with Crippen LogP contribution >= 0.6 is 0 Å². The van der Waals surface area contributed by atoms with E-state index in [4.69, 9.17) is 9.47 Å². The third-order valence-corrected chi connectivity index (χ3v) is 7.47. The van der Waals surface area contributed by atoms with Crippen molar-refractivity contribution in [2.45, 2.75) is 12.0 Å². The Morgan fingerprint density at radius 1 is 0.921 bits per heavy atom. The SMILES string of the molecule is COCCN1C(=O)c2ccccc2[C@H](C(=O)N2CCN(c3ccccc3OC)CC2)[C@@H]1c1ccc(F)cc1. The Morgan fingerprint density at radius 3 is 2.32 bits per heavy atom. The number of fused-ring (bicyclic) bond motifs is 1. The minimum atomic E-state index is -0.621. The van der Waals surface area contributed by atoms with Crippen molar-refractivity contribution in [2.75, 3.05) is 58.5 Å². The maximum atomic E-state index is 14.3. The van der Waals surface area contributed by atoms with Crippen molar-refractivity contribution in [3.63, 3.8) is 0 Å². The number of carbonyl (C=O) groups is 2. The van der Waals surface area contributed by atoms with Crippen molar-refractivity contribution in [1.29, 1.82) is 0 Å². The third kappa shape index (κ3) is 4.84. The number of hydrogen-bond acceptors (Lipinski definition) is 5. The zero-order valence-corrected chi connectivity index (χ0v) is 21.7. The topological polar surface area (TPSA) is 62.3 Å². The summed E-state index contributed by atoms with van der Waals surface area (Å²) in [5.41, 5.74) is 2.95. The molecular weight excluding hydrogens is 485 g/mol. The van der Waals surface area contributed by atoms with Gasteiger partial charge < -0.3 is 24.2 Å². The van der Waals surface area contributed by atoms with Crippen LogP contribution in [0.1, 0.15) is 33.4 Å². The van der Waals surface area contributed by atoms with Gasteiger partial charge in [-0.2, -0.15) is 0 Å². The van der Waals surface area contributed by atoms with Gasteiger partial charge in [-0.1, -0.05) is 42.5 Å². The molecular formula is C30H32FN3O4. The zero-order chi connectivity index (χ0) is 26.6. The van der Waals surface area contributed by atoms with E-state index >= 15 is 0 Å². The summed E-state index contributed by atoms with van der Waals surface area (Å²) in [5, 5.41) is 0. The van der Waals surface area contributed by atoms with Gasteiger partial charge in [-0.15, -0.1) is 0 Å². The zero-order valence-electron chi connectivity index (χ0n) is 21.7. The minimum Gasteiger partial charge on any atom is -0.495 e. The van der Waals surface area contributed by atoms with Gasteiger partial charge in [-0.05, 0) is 41.5 Å². The van der Waals surface area contributed by atoms with Gasteiger partial charge in [-0.3, -0.25) is 9.59 Å². The highest BCUT2D eigenvalue weighted by Crippen LogP contribution is 2.44. The molecule has 5 rings (SSSR count). The van der Waals surface area contributed by atoms with E-state index in [-0.39, 0.29) is 17.6 Å². The highest BCUT2D eigenvalue weighted by Gasteiger charge is 2.45. The van der Waals surface area contributed by atoms with Gasteiger partial charge in [0.2, 0.25) is 5.91 Å². The number of benzene rings is 3. The number of anilines is 1. The Hall–Kier alpha value is -3.91. The first-order chi connectivity index (χ1) is 18.5. The average Bonchev–Trinajstić information content (AvgIpc) is 2.97. The lowest BCUT2D eigenvalue weighted by Crippen LogP contribution is -2.53. The summed E-state index contributed by atoms with van der Waals surface area (Å²) in [6, 6.07) is 20.7. The van der Waals surface area contributed by atoms with E-state index in [9.17, 15) is 14.0 Å². The molecule has 2 heterocycles. The number of amides is 2. The maximum Gasteiger partial charge on any atom is 0.254 e. The Bertz CT molecular complexity index is 1290. The molecule has 0 aliphatic carbocycles. The molecule has 0 bridgehead atoms. The molecule has 2 amide bonds. The first-order valence-electron chi connectivity index (χ1n) is 12.8. The molecule has 2 aliphatic rings. The largest absolute Gasteiger partial charge is 0.495 e. The first kappa shape index (κ1) is 25.7. The summed E-state index contributed by atoms with van der Waals surface area (Å²) >= 11 is 0. The average molecular weight is 518 g/mol. The lowest BCUT2D eigenvalue weighted by Gasteiger charge is -2.44. The minimum absolute atomic E-state index is 0.0404. The van der Waals surface area contributed by atoms with Crippen molar-refractivity contribution >= 4 is 17.5 Å². The molecule has 0 saturated carbocycles. The Morgan fingerprint density at radius 2 is 1.61 bits per heavy atom. The second-order valence-corrected chi connectivity index (χ2v) is 9.54. The number of nitrogens with zero attached hydrogens (tertiary/aromatic N) is 3. The molecule has 0 aromatic heterocycles. The van der Waals surface area contributed by atoms with E-state index in [1.165, 1.54) is 12.1 Å². The maximum absolute atomic E-state index is 14.3. The van der Waals surface area contributed by atoms with Crippen molar-refractivity contribution in [3.05, 3.63) is 95.3 Å². The summed E-state index contributed by atoms with van der Waals surface area (Å²) in [6.45, 7) is 3.04. The van der Waals surface area contributed by atoms with Gasteiger partial charge in [0, 0.05) is 45.4 Å². The molecule has 3 aromatic carbocycles. The van der Waals surface area contributed by atoms with Crippen LogP contribution in [0.25, 0.3) is 0 Å². The number of para-hydroxylation sites is 2. The normalized spacial score (nSPS) is 19.3. The lowest BCUT2D eigenvalue weighted by molar-refractivity contribution is -0.135. The van der Waals surface area contributed by atoms with E-state index in [0.29, 0.717) is 50.5 Å². The molecule has 3 aromatic rings. The van der Waals surface area contributed by atoms with Gasteiger partial charge in [0.15, 0.2) is 0 Å². The standard InChI is InChI=1S/C30H32FN3O4/c1-37-20-19-34-28(21-11-13-22(31)14-12-21)27(23-7-3-4-8-24(23)29(34)35)30(36)33-17-15-32(16-18-33)25-9-5-6-10-26(25)38-2/h3-14,27-28H,15-20H2,1-2H3/t27-,28-/m0/s1. The Labute approximate surface area is 222 Å². The number of rotatable bonds is 7. The van der Waals surface area contributed by atoms with Crippen LogP contribution in [0.5, 0.6) is 5.75 Å². The summed E-state index contributed by atoms with van der Waals surface area (Å²) in [5.74, 6) is -0.380. The van der Waals surface area contributed by atoms with Crippen LogP contribution in [-0.2, 0) is 9.53 Å². The fourth-order valence-corrected chi connectivity index (χ4v) is 5.58. The van der Waals surface area contributed by atoms with E-state index in [0.717, 1.165) is 17.0 Å². The molecule has 7 nitrogen and oxygen atoms in total. The first-order valence-corrected chi connectivity index (χ1v) is 12.8. The van der Waals surface area contributed by atoms with Crippen molar-refractivity contribution in [2.24, 2.45) is 0 Å². The van der Waals surface area contributed by atoms with Crippen molar-refractivity contribution < 1.29 is 23.5 Å². The van der Waals surface area contributed by atoms with Crippen LogP contribution in [0.3, 0.4) is 0 Å². The monoisotopic (exact) mass is 517 g/mol. The van der Waals surface area contributed by atoms with Crippen LogP contribution < -0.4 is 9.64 Å². The highest BCUT2D eigenvalue weighted by atomic mass is 19.1. The van der Waals surface area contributed by atoms with Crippen LogP contribution in [0.4, 0.5) is 10.1 Å². The van der Waals surface area contributed by atoms with Crippen LogP contribution in [0, 0.1) is 5.82 Å². The second-order valence-electron chi connectivity index (χ2n) is 9.54. The van der Waals surface area contributed by atoms with E-state index in [1.54, 1.807) is 37.3 Å². The third-order valence-electron chi connectivity index (χ3n) is 7.47. The summed E-state index contributed by atoms with van der Waals surface area (Å²) in [4.78, 5) is 33.7. The molecule has 2 aliphatic heterocycles. The second kappa shape index (κ2) is 11.2. The molecule has 0 N–H and O–H groups in total. The van der Waals surface area contributed by atoms with Crippen molar-refractivity contribution in [3.8, 4) is 5.75 Å². The number of ether oxygens (including phenoxy) is 2. The quantitative estimate of drug-likeness (QED) is 0.472. The number of hydrogen-bond donors (Lipinski definition) is 0. The molecule has 8 heteroatoms. The van der Waals surface area contributed by atoms with Gasteiger partial charge in [0.25, 0.3) is 5.91 Å². The molecule has 1 fully saturated rings. The van der Waals surface area contributed by atoms with Gasteiger partial charge in [0.05, 0.1) is 31.4 Å². The Kier molecular flexibility index (Phi) is 7.60. The molecule has 0 radical (unpaired) electrons. The van der Waals surface area contributed by atoms with Crippen LogP contribution in [-0.4, -0.2) is 75.2 Å². The van der Waals surface area contributed by atoms with Gasteiger partial charge in [-0.25, -0.2) is 4.39 Å². The molecule has 0 unspecified atom stereocenters. The predicted octanol–water partition coefficient (Wildman–Crippen LogP) is 4.11. The van der Waals surface area contributed by atoms with E-state index in [2.05, 4.69) is 4.90 Å². The summed E-state index contributed by atoms with van der Waals surface area (Å²) < 4.78 is 24.7. The fourth-order valence-electron chi connectivity index (χ4n) is 5.58. The lowest BCUT2D eigenvalue weighted by atomic mass is 9.78. The smallest absolute Gasteiger partial charge is 0.254 e. The summed E-state index contributed by atoms with van der Waals surface area (Å²) in [6.07, 6.45) is 0. The molecule has 2 atom stereocenters. The molecule has 0 spiro atoms. The number of methoxy groups -OCH3 is 2. The van der Waals surface area contributed by atoms with Crippen molar-refractivity contribution in [1.82, 2.24) is 9.80 Å². The number of halogens is 1. The number of piperazine rings is 1. The molecule has 198 valence electrons. The predicted molar refractivity (Wildman–Crippen MR) is 143 cm³/mol. The van der Waals surface area contributed by atoms with E-state index in [1.807, 2.05) is 47.4 Å². The highest BCUT2D eigenvalue weighted by molar-refractivity contribution is 6.01. The fraction of sp³-hybridized carbons (Fsp3) is 0.333. The molecule has 38 heavy (non-hydrogen) atoms. The summed E-state index contributed by atoms with van der Waals surface area (Å²) in [7, 11) is 3.24. The van der Waals surface area contributed by atoms with Crippen LogP contribution in [0.15, 0.2) is 72.8 Å². The van der Waals surface area contributed by atoms with E-state index < -0.39 is 12.0 Å².